The van der Waals surface area contributed by atoms with E-state index in [9.17, 15) is 4.39 Å². The molecular formula is C16H17ClFNO2. The molecule has 0 saturated carbocycles. The second kappa shape index (κ2) is 6.78. The molecule has 0 aromatic heterocycles. The van der Waals surface area contributed by atoms with Crippen LogP contribution in [0.2, 0.25) is 5.02 Å². The summed E-state index contributed by atoms with van der Waals surface area (Å²) in [4.78, 5) is 0. The van der Waals surface area contributed by atoms with Crippen molar-refractivity contribution < 1.29 is 13.9 Å². The van der Waals surface area contributed by atoms with Crippen molar-refractivity contribution in [2.45, 2.75) is 13.5 Å². The second-order valence-corrected chi connectivity index (χ2v) is 5.00. The van der Waals surface area contributed by atoms with Gasteiger partial charge in [0, 0.05) is 23.7 Å². The summed E-state index contributed by atoms with van der Waals surface area (Å²) in [5.74, 6) is 1.44. The lowest BCUT2D eigenvalue weighted by atomic mass is 10.1. The van der Waals surface area contributed by atoms with E-state index in [2.05, 4.69) is 5.32 Å². The van der Waals surface area contributed by atoms with Gasteiger partial charge in [-0.15, -0.1) is 0 Å². The van der Waals surface area contributed by atoms with Crippen molar-refractivity contribution in [2.75, 3.05) is 14.2 Å². The summed E-state index contributed by atoms with van der Waals surface area (Å²) in [5, 5.41) is 3.01. The van der Waals surface area contributed by atoms with Crippen molar-refractivity contribution in [1.82, 2.24) is 5.32 Å². The lowest BCUT2D eigenvalue weighted by molar-refractivity contribution is 0.403. The van der Waals surface area contributed by atoms with Crippen LogP contribution in [0, 0.1) is 12.7 Å². The van der Waals surface area contributed by atoms with Crippen LogP contribution in [0.25, 0.3) is 0 Å². The lowest BCUT2D eigenvalue weighted by Gasteiger charge is -2.15. The fourth-order valence-corrected chi connectivity index (χ4v) is 2.19. The SMILES string of the molecule is CNCc1cc(F)c(Cl)cc1Oc1cccc(OC)c1C. The van der Waals surface area contributed by atoms with Gasteiger partial charge in [0.05, 0.1) is 12.1 Å². The average molecular weight is 310 g/mol. The largest absolute Gasteiger partial charge is 0.496 e. The molecule has 2 rings (SSSR count). The van der Waals surface area contributed by atoms with Crippen LogP contribution in [-0.2, 0) is 6.54 Å². The van der Waals surface area contributed by atoms with Gasteiger partial charge in [0.2, 0.25) is 0 Å². The maximum absolute atomic E-state index is 13.6. The minimum atomic E-state index is -0.461. The van der Waals surface area contributed by atoms with E-state index < -0.39 is 5.82 Å². The first kappa shape index (κ1) is 15.6. The van der Waals surface area contributed by atoms with Gasteiger partial charge in [0.1, 0.15) is 23.1 Å². The van der Waals surface area contributed by atoms with Gasteiger partial charge in [-0.05, 0) is 32.2 Å². The van der Waals surface area contributed by atoms with Crippen molar-refractivity contribution in [2.24, 2.45) is 0 Å². The van der Waals surface area contributed by atoms with Crippen LogP contribution in [0.3, 0.4) is 0 Å². The number of hydrogen-bond acceptors (Lipinski definition) is 3. The zero-order valence-corrected chi connectivity index (χ0v) is 12.9. The van der Waals surface area contributed by atoms with Gasteiger partial charge in [-0.2, -0.15) is 0 Å². The molecule has 1 N–H and O–H groups in total. The molecule has 0 unspecified atom stereocenters. The Kier molecular flexibility index (Phi) is 5.04. The molecule has 0 aliphatic heterocycles. The van der Waals surface area contributed by atoms with E-state index in [-0.39, 0.29) is 5.02 Å². The Labute approximate surface area is 128 Å². The van der Waals surface area contributed by atoms with Crippen LogP contribution in [0.4, 0.5) is 4.39 Å². The highest BCUT2D eigenvalue weighted by molar-refractivity contribution is 6.30. The molecule has 0 spiro atoms. The van der Waals surface area contributed by atoms with Crippen LogP contribution >= 0.6 is 11.6 Å². The first-order valence-electron chi connectivity index (χ1n) is 6.50. The number of nitrogens with one attached hydrogen (secondary N) is 1. The molecule has 0 fully saturated rings. The molecule has 3 nitrogen and oxygen atoms in total. The van der Waals surface area contributed by atoms with Crippen LogP contribution in [-0.4, -0.2) is 14.2 Å². The summed E-state index contributed by atoms with van der Waals surface area (Å²) in [6, 6.07) is 8.39. The Bertz CT molecular complexity index is 646. The van der Waals surface area contributed by atoms with Gasteiger partial charge in [-0.1, -0.05) is 17.7 Å². The molecule has 0 aliphatic rings. The third kappa shape index (κ3) is 3.46. The number of halogens is 2. The Morgan fingerprint density at radius 2 is 1.90 bits per heavy atom. The summed E-state index contributed by atoms with van der Waals surface area (Å²) in [5.41, 5.74) is 1.57. The van der Waals surface area contributed by atoms with Crippen LogP contribution in [0.1, 0.15) is 11.1 Å². The van der Waals surface area contributed by atoms with E-state index in [1.54, 1.807) is 14.2 Å². The zero-order valence-electron chi connectivity index (χ0n) is 12.2. The standard InChI is InChI=1S/C16H17ClFNO2/c1-10-14(20-3)5-4-6-15(10)21-16-8-12(17)13(18)7-11(16)9-19-2/h4-8,19H,9H2,1-3H3. The monoisotopic (exact) mass is 309 g/mol. The molecule has 5 heteroatoms. The molecule has 0 aliphatic carbocycles. The first-order chi connectivity index (χ1) is 10.1. The van der Waals surface area contributed by atoms with Gasteiger partial charge in [-0.3, -0.25) is 0 Å². The average Bonchev–Trinajstić information content (AvgIpc) is 2.46. The maximum Gasteiger partial charge on any atom is 0.142 e. The van der Waals surface area contributed by atoms with Crippen molar-refractivity contribution in [3.8, 4) is 17.2 Å². The van der Waals surface area contributed by atoms with Gasteiger partial charge in [0.25, 0.3) is 0 Å². The number of rotatable bonds is 5. The molecule has 21 heavy (non-hydrogen) atoms. The number of ether oxygens (including phenoxy) is 2. The summed E-state index contributed by atoms with van der Waals surface area (Å²) in [6.07, 6.45) is 0. The third-order valence-electron chi connectivity index (χ3n) is 3.14. The first-order valence-corrected chi connectivity index (χ1v) is 6.88. The highest BCUT2D eigenvalue weighted by atomic mass is 35.5. The van der Waals surface area contributed by atoms with Crippen molar-refractivity contribution in [3.05, 3.63) is 52.3 Å². The van der Waals surface area contributed by atoms with Crippen molar-refractivity contribution in [1.29, 1.82) is 0 Å². The summed E-state index contributed by atoms with van der Waals surface area (Å²) in [7, 11) is 3.39. The lowest BCUT2D eigenvalue weighted by Crippen LogP contribution is -2.07. The number of benzene rings is 2. The fraction of sp³-hybridized carbons (Fsp3) is 0.250. The topological polar surface area (TPSA) is 30.5 Å². The quantitative estimate of drug-likeness (QED) is 0.893. The molecule has 0 saturated heterocycles. The minimum absolute atomic E-state index is 0.0328. The number of methoxy groups -OCH3 is 1. The second-order valence-electron chi connectivity index (χ2n) is 4.59. The highest BCUT2D eigenvalue weighted by Crippen LogP contribution is 2.34. The molecule has 112 valence electrons. The summed E-state index contributed by atoms with van der Waals surface area (Å²) in [6.45, 7) is 2.38. The highest BCUT2D eigenvalue weighted by Gasteiger charge is 2.12. The van der Waals surface area contributed by atoms with Crippen molar-refractivity contribution >= 4 is 11.6 Å². The van der Waals surface area contributed by atoms with Gasteiger partial charge < -0.3 is 14.8 Å². The molecule has 0 amide bonds. The normalized spacial score (nSPS) is 10.5. The Balaban J connectivity index is 2.41. The smallest absolute Gasteiger partial charge is 0.142 e. The van der Waals surface area contributed by atoms with Gasteiger partial charge in [-0.25, -0.2) is 4.39 Å². The Hall–Kier alpha value is -1.78. The van der Waals surface area contributed by atoms with Crippen LogP contribution < -0.4 is 14.8 Å². The predicted octanol–water partition coefficient (Wildman–Crippen LogP) is 4.31. The minimum Gasteiger partial charge on any atom is -0.496 e. The molecule has 0 heterocycles. The predicted molar refractivity (Wildman–Crippen MR) is 82.0 cm³/mol. The van der Waals surface area contributed by atoms with E-state index in [1.165, 1.54) is 12.1 Å². The van der Waals surface area contributed by atoms with Gasteiger partial charge >= 0.3 is 0 Å². The maximum atomic E-state index is 13.6. The van der Waals surface area contributed by atoms with Crippen LogP contribution in [0.5, 0.6) is 17.2 Å². The van der Waals surface area contributed by atoms with E-state index >= 15 is 0 Å². The molecule has 2 aromatic carbocycles. The third-order valence-corrected chi connectivity index (χ3v) is 3.43. The number of hydrogen-bond donors (Lipinski definition) is 1. The van der Waals surface area contributed by atoms with E-state index in [0.717, 1.165) is 11.3 Å². The zero-order chi connectivity index (χ0) is 15.4. The Morgan fingerprint density at radius 1 is 1.19 bits per heavy atom. The molecule has 0 radical (unpaired) electrons. The Morgan fingerprint density at radius 3 is 2.57 bits per heavy atom. The van der Waals surface area contributed by atoms with E-state index in [1.807, 2.05) is 25.1 Å². The van der Waals surface area contributed by atoms with Crippen molar-refractivity contribution in [3.63, 3.8) is 0 Å². The summed E-state index contributed by atoms with van der Waals surface area (Å²) >= 11 is 5.85. The van der Waals surface area contributed by atoms with Crippen LogP contribution in [0.15, 0.2) is 30.3 Å². The van der Waals surface area contributed by atoms with E-state index in [0.29, 0.717) is 23.6 Å². The summed E-state index contributed by atoms with van der Waals surface area (Å²) < 4.78 is 24.7. The molecule has 2 aromatic rings. The molecule has 0 bridgehead atoms. The molecular weight excluding hydrogens is 293 g/mol. The fourth-order valence-electron chi connectivity index (χ4n) is 2.04. The molecule has 0 atom stereocenters. The van der Waals surface area contributed by atoms with Gasteiger partial charge in [0.15, 0.2) is 0 Å². The van der Waals surface area contributed by atoms with E-state index in [4.69, 9.17) is 21.1 Å².